The van der Waals surface area contributed by atoms with Gasteiger partial charge in [0.2, 0.25) is 5.95 Å². The monoisotopic (exact) mass is 392 g/mol. The van der Waals surface area contributed by atoms with Crippen molar-refractivity contribution < 1.29 is 18.3 Å². The number of rotatable bonds is 4. The van der Waals surface area contributed by atoms with Crippen LogP contribution in [0.3, 0.4) is 0 Å². The molecule has 2 aliphatic rings. The largest absolute Gasteiger partial charge is 0.378 e. The van der Waals surface area contributed by atoms with Crippen LogP contribution in [0.25, 0.3) is 11.1 Å². The van der Waals surface area contributed by atoms with Crippen molar-refractivity contribution in [2.24, 2.45) is 0 Å². The van der Waals surface area contributed by atoms with Crippen LogP contribution in [-0.4, -0.2) is 67.6 Å². The number of nitrogens with two attached hydrogens (primary N) is 1. The maximum atomic E-state index is 13.6. The van der Waals surface area contributed by atoms with Crippen molar-refractivity contribution in [1.29, 1.82) is 0 Å². The molecule has 0 radical (unpaired) electrons. The van der Waals surface area contributed by atoms with Crippen molar-refractivity contribution in [2.75, 3.05) is 68.1 Å². The van der Waals surface area contributed by atoms with Gasteiger partial charge in [0.1, 0.15) is 17.3 Å². The van der Waals surface area contributed by atoms with Crippen LogP contribution in [0.15, 0.2) is 18.3 Å². The van der Waals surface area contributed by atoms with Gasteiger partial charge in [0, 0.05) is 37.9 Å². The lowest BCUT2D eigenvalue weighted by atomic mass is 10.1. The van der Waals surface area contributed by atoms with Gasteiger partial charge < -0.3 is 25.0 Å². The van der Waals surface area contributed by atoms with Crippen molar-refractivity contribution in [2.45, 2.75) is 6.43 Å². The highest BCUT2D eigenvalue weighted by atomic mass is 19.3. The molecule has 2 aromatic heterocycles. The summed E-state index contributed by atoms with van der Waals surface area (Å²) in [6.45, 7) is 5.19. The summed E-state index contributed by atoms with van der Waals surface area (Å²) in [5, 5.41) is 0. The predicted molar refractivity (Wildman–Crippen MR) is 101 cm³/mol. The second-order valence-electron chi connectivity index (χ2n) is 6.60. The maximum absolute atomic E-state index is 13.6. The summed E-state index contributed by atoms with van der Waals surface area (Å²) < 4.78 is 38.0. The van der Waals surface area contributed by atoms with Crippen LogP contribution >= 0.6 is 0 Å². The molecule has 0 atom stereocenters. The van der Waals surface area contributed by atoms with Gasteiger partial charge in [0.05, 0.1) is 26.4 Å². The molecule has 2 aliphatic heterocycles. The van der Waals surface area contributed by atoms with Crippen LogP contribution < -0.4 is 15.5 Å². The molecule has 4 heterocycles. The van der Waals surface area contributed by atoms with Crippen molar-refractivity contribution in [3.63, 3.8) is 0 Å². The zero-order valence-electron chi connectivity index (χ0n) is 15.4. The van der Waals surface area contributed by atoms with E-state index in [0.717, 1.165) is 11.6 Å². The van der Waals surface area contributed by atoms with E-state index in [0.29, 0.717) is 58.2 Å². The van der Waals surface area contributed by atoms with Crippen LogP contribution in [0.2, 0.25) is 0 Å². The minimum absolute atomic E-state index is 0.171. The van der Waals surface area contributed by atoms with Crippen molar-refractivity contribution >= 4 is 17.6 Å². The number of alkyl halides is 2. The van der Waals surface area contributed by atoms with E-state index >= 15 is 0 Å². The summed E-state index contributed by atoms with van der Waals surface area (Å²) in [7, 11) is 0. The Morgan fingerprint density at radius 3 is 1.93 bits per heavy atom. The summed E-state index contributed by atoms with van der Waals surface area (Å²) in [6, 6.07) is 3.60. The summed E-state index contributed by atoms with van der Waals surface area (Å²) in [5.41, 5.74) is 6.00. The van der Waals surface area contributed by atoms with Gasteiger partial charge in [-0.3, -0.25) is 0 Å². The normalized spacial score (nSPS) is 18.0. The Morgan fingerprint density at radius 2 is 1.43 bits per heavy atom. The van der Waals surface area contributed by atoms with Crippen LogP contribution in [0.4, 0.5) is 26.4 Å². The number of pyridine rings is 1. The van der Waals surface area contributed by atoms with Gasteiger partial charge in [0.15, 0.2) is 0 Å². The molecule has 0 spiro atoms. The number of hydrogen-bond acceptors (Lipinski definition) is 8. The lowest BCUT2D eigenvalue weighted by Gasteiger charge is -2.32. The molecule has 8 nitrogen and oxygen atoms in total. The Balaban J connectivity index is 1.79. The molecule has 0 unspecified atom stereocenters. The highest BCUT2D eigenvalue weighted by molar-refractivity contribution is 5.72. The number of halogens is 2. The third-order valence-electron chi connectivity index (χ3n) is 4.82. The fourth-order valence-corrected chi connectivity index (χ4v) is 3.36. The summed E-state index contributed by atoms with van der Waals surface area (Å²) in [5.74, 6) is 1.27. The number of nitrogens with zero attached hydrogens (tertiary/aromatic N) is 5. The molecular weight excluding hydrogens is 370 g/mol. The number of nitrogen functional groups attached to an aromatic ring is 1. The van der Waals surface area contributed by atoms with Crippen LogP contribution in [-0.2, 0) is 9.47 Å². The zero-order chi connectivity index (χ0) is 19.5. The first kappa shape index (κ1) is 18.8. The molecule has 0 aliphatic carbocycles. The number of ether oxygens (including phenoxy) is 2. The lowest BCUT2D eigenvalue weighted by molar-refractivity contribution is 0.121. The number of morpholine rings is 2. The Bertz CT molecular complexity index is 789. The Kier molecular flexibility index (Phi) is 5.49. The van der Waals surface area contributed by atoms with Gasteiger partial charge in [-0.05, 0) is 17.7 Å². The second kappa shape index (κ2) is 8.19. The smallest absolute Gasteiger partial charge is 0.281 e. The SMILES string of the molecule is Nc1ncc(-c2cc(N3CCOCC3)nc(N3CCOCC3)c2)c(C(F)F)n1. The molecule has 4 rings (SSSR count). The van der Waals surface area contributed by atoms with Gasteiger partial charge in [-0.1, -0.05) is 0 Å². The highest BCUT2D eigenvalue weighted by Gasteiger charge is 2.22. The quantitative estimate of drug-likeness (QED) is 0.842. The topological polar surface area (TPSA) is 89.6 Å². The molecule has 2 N–H and O–H groups in total. The number of aromatic nitrogens is 3. The zero-order valence-corrected chi connectivity index (χ0v) is 15.4. The standard InChI is InChI=1S/C18H22F2N6O2/c19-17(20)16-13(11-22-18(21)24-16)12-9-14(25-1-5-27-6-2-25)23-15(10-12)26-3-7-28-8-4-26/h9-11,17H,1-8H2,(H2,21,22,24). The molecule has 0 bridgehead atoms. The first-order valence-corrected chi connectivity index (χ1v) is 9.20. The van der Waals surface area contributed by atoms with Crippen LogP contribution in [0.1, 0.15) is 12.1 Å². The van der Waals surface area contributed by atoms with Crippen LogP contribution in [0, 0.1) is 0 Å². The third kappa shape index (κ3) is 3.97. The van der Waals surface area contributed by atoms with E-state index in [1.165, 1.54) is 6.20 Å². The van der Waals surface area contributed by atoms with Crippen molar-refractivity contribution in [1.82, 2.24) is 15.0 Å². The summed E-state index contributed by atoms with van der Waals surface area (Å²) >= 11 is 0. The van der Waals surface area contributed by atoms with Gasteiger partial charge in [-0.25, -0.2) is 23.7 Å². The average molecular weight is 392 g/mol. The molecule has 0 amide bonds. The summed E-state index contributed by atoms with van der Waals surface area (Å²) in [4.78, 5) is 16.7. The summed E-state index contributed by atoms with van der Waals surface area (Å²) in [6.07, 6.45) is -1.40. The number of anilines is 3. The Labute approximate surface area is 161 Å². The fourth-order valence-electron chi connectivity index (χ4n) is 3.36. The van der Waals surface area contributed by atoms with Gasteiger partial charge >= 0.3 is 0 Å². The van der Waals surface area contributed by atoms with E-state index in [1.54, 1.807) is 12.1 Å². The van der Waals surface area contributed by atoms with E-state index in [1.807, 2.05) is 0 Å². The molecule has 28 heavy (non-hydrogen) atoms. The van der Waals surface area contributed by atoms with Gasteiger partial charge in [-0.2, -0.15) is 0 Å². The third-order valence-corrected chi connectivity index (χ3v) is 4.82. The molecule has 2 saturated heterocycles. The molecule has 150 valence electrons. The highest BCUT2D eigenvalue weighted by Crippen LogP contribution is 2.34. The Hall–Kier alpha value is -2.59. The second-order valence-corrected chi connectivity index (χ2v) is 6.60. The molecule has 0 aromatic carbocycles. The minimum Gasteiger partial charge on any atom is -0.378 e. The minimum atomic E-state index is -2.76. The lowest BCUT2D eigenvalue weighted by Crippen LogP contribution is -2.39. The maximum Gasteiger partial charge on any atom is 0.281 e. The molecule has 2 aromatic rings. The van der Waals surface area contributed by atoms with E-state index in [9.17, 15) is 8.78 Å². The van der Waals surface area contributed by atoms with E-state index in [2.05, 4.69) is 19.8 Å². The first-order chi connectivity index (χ1) is 13.6. The van der Waals surface area contributed by atoms with E-state index in [4.69, 9.17) is 20.2 Å². The predicted octanol–water partition coefficient (Wildman–Crippen LogP) is 1.73. The Morgan fingerprint density at radius 1 is 0.893 bits per heavy atom. The van der Waals surface area contributed by atoms with E-state index in [-0.39, 0.29) is 17.2 Å². The molecule has 0 saturated carbocycles. The van der Waals surface area contributed by atoms with Crippen molar-refractivity contribution in [3.8, 4) is 11.1 Å². The average Bonchev–Trinajstić information content (AvgIpc) is 2.74. The van der Waals surface area contributed by atoms with Gasteiger partial charge in [0.25, 0.3) is 6.43 Å². The first-order valence-electron chi connectivity index (χ1n) is 9.20. The molecular formula is C18H22F2N6O2. The molecule has 2 fully saturated rings. The van der Waals surface area contributed by atoms with Gasteiger partial charge in [-0.15, -0.1) is 0 Å². The number of hydrogen-bond donors (Lipinski definition) is 1. The van der Waals surface area contributed by atoms with Crippen LogP contribution in [0.5, 0.6) is 0 Å². The van der Waals surface area contributed by atoms with Crippen molar-refractivity contribution in [3.05, 3.63) is 24.0 Å². The fraction of sp³-hybridized carbons (Fsp3) is 0.500. The van der Waals surface area contributed by atoms with E-state index < -0.39 is 6.43 Å². The molecule has 10 heteroatoms.